The molecule has 0 aliphatic heterocycles. The predicted octanol–water partition coefficient (Wildman–Crippen LogP) is 1.91. The summed E-state index contributed by atoms with van der Waals surface area (Å²) in [6.07, 6.45) is -1.36. The van der Waals surface area contributed by atoms with Crippen LogP contribution in [0.15, 0.2) is 22.7 Å². The minimum absolute atomic E-state index is 0.100. The van der Waals surface area contributed by atoms with E-state index in [0.717, 1.165) is 4.47 Å². The summed E-state index contributed by atoms with van der Waals surface area (Å²) in [6, 6.07) is 5.38. The third-order valence-electron chi connectivity index (χ3n) is 2.60. The van der Waals surface area contributed by atoms with Crippen LogP contribution >= 0.6 is 15.9 Å². The Morgan fingerprint density at radius 1 is 1.20 bits per heavy atom. The second-order valence-corrected chi connectivity index (χ2v) is 5.31. The molecule has 6 heteroatoms. The average molecular weight is 349 g/mol. The lowest BCUT2D eigenvalue weighted by Crippen LogP contribution is -2.24. The van der Waals surface area contributed by atoms with Gasteiger partial charge in [0.25, 0.3) is 0 Å². The van der Waals surface area contributed by atoms with E-state index in [9.17, 15) is 10.2 Å². The first-order chi connectivity index (χ1) is 9.54. The summed E-state index contributed by atoms with van der Waals surface area (Å²) in [4.78, 5) is 0. The first kappa shape index (κ1) is 17.4. The Bertz CT molecular complexity index is 397. The monoisotopic (exact) mass is 348 g/mol. The van der Waals surface area contributed by atoms with Crippen molar-refractivity contribution in [2.75, 3.05) is 33.5 Å². The molecule has 0 amide bonds. The van der Waals surface area contributed by atoms with Gasteiger partial charge in [0, 0.05) is 17.1 Å². The highest BCUT2D eigenvalue weighted by Gasteiger charge is 2.12. The van der Waals surface area contributed by atoms with E-state index in [-0.39, 0.29) is 13.2 Å². The Kier molecular flexibility index (Phi) is 8.09. The Morgan fingerprint density at radius 2 is 1.95 bits per heavy atom. The lowest BCUT2D eigenvalue weighted by molar-refractivity contribution is -0.00461. The van der Waals surface area contributed by atoms with Crippen LogP contribution in [0.5, 0.6) is 5.75 Å². The molecule has 0 spiro atoms. The second kappa shape index (κ2) is 9.31. The molecule has 0 heterocycles. The third-order valence-corrected chi connectivity index (χ3v) is 3.09. The summed E-state index contributed by atoms with van der Waals surface area (Å²) >= 11 is 3.35. The van der Waals surface area contributed by atoms with Gasteiger partial charge in [0.1, 0.15) is 18.5 Å². The third kappa shape index (κ3) is 6.19. The number of aliphatic hydroxyl groups is 2. The van der Waals surface area contributed by atoms with Crippen molar-refractivity contribution < 1.29 is 24.4 Å². The summed E-state index contributed by atoms with van der Waals surface area (Å²) in [5.41, 5.74) is 0.681. The van der Waals surface area contributed by atoms with Crippen LogP contribution in [0, 0.1) is 0 Å². The fraction of sp³-hybridized carbons (Fsp3) is 0.571. The average Bonchev–Trinajstić information content (AvgIpc) is 2.41. The second-order valence-electron chi connectivity index (χ2n) is 4.39. The largest absolute Gasteiger partial charge is 0.490 e. The van der Waals surface area contributed by atoms with Crippen LogP contribution in [0.2, 0.25) is 0 Å². The highest BCUT2D eigenvalue weighted by molar-refractivity contribution is 9.10. The van der Waals surface area contributed by atoms with Crippen LogP contribution < -0.4 is 4.74 Å². The fourth-order valence-electron chi connectivity index (χ4n) is 1.57. The van der Waals surface area contributed by atoms with Crippen LogP contribution in [0.25, 0.3) is 0 Å². The van der Waals surface area contributed by atoms with Gasteiger partial charge < -0.3 is 24.4 Å². The number of hydrogen-bond donors (Lipinski definition) is 2. The maximum absolute atomic E-state index is 9.74. The molecule has 0 saturated heterocycles. The van der Waals surface area contributed by atoms with Gasteiger partial charge in [0.15, 0.2) is 0 Å². The summed E-state index contributed by atoms with van der Waals surface area (Å²) in [7, 11) is 1.59. The number of rotatable bonds is 9. The van der Waals surface area contributed by atoms with Crippen LogP contribution in [0.1, 0.15) is 18.6 Å². The molecule has 2 atom stereocenters. The van der Waals surface area contributed by atoms with E-state index in [0.29, 0.717) is 24.5 Å². The molecule has 0 aliphatic carbocycles. The maximum atomic E-state index is 9.74. The van der Waals surface area contributed by atoms with Gasteiger partial charge >= 0.3 is 0 Å². The lowest BCUT2D eigenvalue weighted by atomic mass is 10.1. The van der Waals surface area contributed by atoms with Gasteiger partial charge in [-0.2, -0.15) is 0 Å². The molecular weight excluding hydrogens is 328 g/mol. The number of aliphatic hydroxyl groups excluding tert-OH is 2. The molecule has 1 aromatic rings. The van der Waals surface area contributed by atoms with Gasteiger partial charge in [0.2, 0.25) is 0 Å². The molecule has 0 bridgehead atoms. The van der Waals surface area contributed by atoms with Gasteiger partial charge in [-0.15, -0.1) is 0 Å². The Hall–Kier alpha value is -0.660. The molecule has 0 radical (unpaired) electrons. The molecule has 0 fully saturated rings. The predicted molar refractivity (Wildman–Crippen MR) is 79.0 cm³/mol. The van der Waals surface area contributed by atoms with Gasteiger partial charge in [-0.25, -0.2) is 0 Å². The van der Waals surface area contributed by atoms with Crippen molar-refractivity contribution in [1.82, 2.24) is 0 Å². The zero-order chi connectivity index (χ0) is 15.0. The van der Waals surface area contributed by atoms with Crippen molar-refractivity contribution in [3.05, 3.63) is 28.2 Å². The minimum Gasteiger partial charge on any atom is -0.490 e. The quantitative estimate of drug-likeness (QED) is 0.667. The minimum atomic E-state index is -0.729. The van der Waals surface area contributed by atoms with Gasteiger partial charge in [-0.05, 0) is 19.1 Å². The van der Waals surface area contributed by atoms with E-state index in [1.54, 1.807) is 26.2 Å². The molecule has 0 aliphatic rings. The summed E-state index contributed by atoms with van der Waals surface area (Å²) in [5.74, 6) is 0.547. The molecule has 2 N–H and O–H groups in total. The zero-order valence-corrected chi connectivity index (χ0v) is 13.3. The Labute approximate surface area is 127 Å². The molecule has 0 saturated carbocycles. The maximum Gasteiger partial charge on any atom is 0.126 e. The number of methoxy groups -OCH3 is 1. The zero-order valence-electron chi connectivity index (χ0n) is 11.7. The van der Waals surface area contributed by atoms with Gasteiger partial charge in [0.05, 0.1) is 25.9 Å². The van der Waals surface area contributed by atoms with Crippen molar-refractivity contribution in [2.24, 2.45) is 0 Å². The first-order valence-electron chi connectivity index (χ1n) is 6.39. The van der Waals surface area contributed by atoms with Crippen molar-refractivity contribution >= 4 is 15.9 Å². The summed E-state index contributed by atoms with van der Waals surface area (Å²) in [5, 5.41) is 19.4. The number of ether oxygens (including phenoxy) is 3. The number of benzene rings is 1. The lowest BCUT2D eigenvalue weighted by Gasteiger charge is -2.16. The van der Waals surface area contributed by atoms with E-state index in [2.05, 4.69) is 15.9 Å². The molecular formula is C14H21BrO5. The first-order valence-corrected chi connectivity index (χ1v) is 7.19. The van der Waals surface area contributed by atoms with Crippen LogP contribution in [0.3, 0.4) is 0 Å². The molecule has 20 heavy (non-hydrogen) atoms. The molecule has 1 rings (SSSR count). The summed E-state index contributed by atoms with van der Waals surface area (Å²) in [6.45, 7) is 2.87. The van der Waals surface area contributed by atoms with Crippen LogP contribution in [-0.2, 0) is 9.47 Å². The standard InChI is InChI=1S/C14H21BrO5/c1-10(16)13-4-3-11(15)7-14(13)20-9-12(17)8-19-6-5-18-2/h3-4,7,10,12,16-17H,5-6,8-9H2,1-2H3/t10-,12?/m1/s1. The van der Waals surface area contributed by atoms with E-state index in [1.165, 1.54) is 0 Å². The number of halogens is 1. The van der Waals surface area contributed by atoms with Crippen molar-refractivity contribution in [2.45, 2.75) is 19.1 Å². The van der Waals surface area contributed by atoms with E-state index < -0.39 is 12.2 Å². The Balaban J connectivity index is 2.46. The smallest absolute Gasteiger partial charge is 0.126 e. The van der Waals surface area contributed by atoms with E-state index in [1.807, 2.05) is 6.07 Å². The van der Waals surface area contributed by atoms with Crippen molar-refractivity contribution in [3.63, 3.8) is 0 Å². The van der Waals surface area contributed by atoms with Crippen LogP contribution in [-0.4, -0.2) is 49.9 Å². The Morgan fingerprint density at radius 3 is 2.60 bits per heavy atom. The van der Waals surface area contributed by atoms with Gasteiger partial charge in [-0.3, -0.25) is 0 Å². The fourth-order valence-corrected chi connectivity index (χ4v) is 1.91. The number of hydrogen-bond acceptors (Lipinski definition) is 5. The van der Waals surface area contributed by atoms with E-state index >= 15 is 0 Å². The molecule has 114 valence electrons. The highest BCUT2D eigenvalue weighted by atomic mass is 79.9. The molecule has 0 aromatic heterocycles. The normalized spacial score (nSPS) is 14.1. The van der Waals surface area contributed by atoms with Gasteiger partial charge in [-0.1, -0.05) is 22.0 Å². The molecule has 1 unspecified atom stereocenters. The molecule has 1 aromatic carbocycles. The topological polar surface area (TPSA) is 68.2 Å². The SMILES string of the molecule is COCCOCC(O)COc1cc(Br)ccc1[C@@H](C)O. The summed E-state index contributed by atoms with van der Waals surface area (Å²) < 4.78 is 16.4. The highest BCUT2D eigenvalue weighted by Crippen LogP contribution is 2.28. The van der Waals surface area contributed by atoms with E-state index in [4.69, 9.17) is 14.2 Å². The van der Waals surface area contributed by atoms with Crippen molar-refractivity contribution in [1.29, 1.82) is 0 Å². The van der Waals surface area contributed by atoms with Crippen molar-refractivity contribution in [3.8, 4) is 5.75 Å². The molecule has 5 nitrogen and oxygen atoms in total. The van der Waals surface area contributed by atoms with Crippen LogP contribution in [0.4, 0.5) is 0 Å².